The summed E-state index contributed by atoms with van der Waals surface area (Å²) >= 11 is 7.52. The predicted molar refractivity (Wildman–Crippen MR) is 82.4 cm³/mol. The Bertz CT molecular complexity index is 711. The van der Waals surface area contributed by atoms with Crippen molar-refractivity contribution in [1.82, 2.24) is 4.72 Å². The van der Waals surface area contributed by atoms with E-state index < -0.39 is 10.0 Å². The maximum atomic E-state index is 12.3. The standard InChI is InChI=1S/C13H15ClN2O2S2/c1-9-2-4-11(19-9)8-16-20(17,18)13-6-10(7-15)3-5-12(13)14/h2-6,16H,7-8,15H2,1H3. The van der Waals surface area contributed by atoms with Crippen molar-refractivity contribution in [3.8, 4) is 0 Å². The van der Waals surface area contributed by atoms with E-state index >= 15 is 0 Å². The molecule has 0 fully saturated rings. The quantitative estimate of drug-likeness (QED) is 0.885. The van der Waals surface area contributed by atoms with Gasteiger partial charge in [0.15, 0.2) is 0 Å². The van der Waals surface area contributed by atoms with E-state index in [1.807, 2.05) is 19.1 Å². The van der Waals surface area contributed by atoms with E-state index in [4.69, 9.17) is 17.3 Å². The third-order valence-electron chi connectivity index (χ3n) is 2.75. The van der Waals surface area contributed by atoms with Gasteiger partial charge in [-0.3, -0.25) is 0 Å². The van der Waals surface area contributed by atoms with E-state index in [0.717, 1.165) is 15.3 Å². The Kier molecular flexibility index (Phi) is 4.82. The molecule has 1 aromatic carbocycles. The second-order valence-electron chi connectivity index (χ2n) is 4.31. The molecule has 0 aliphatic heterocycles. The van der Waals surface area contributed by atoms with Crippen molar-refractivity contribution < 1.29 is 8.42 Å². The Morgan fingerprint density at radius 3 is 2.65 bits per heavy atom. The molecule has 20 heavy (non-hydrogen) atoms. The highest BCUT2D eigenvalue weighted by atomic mass is 35.5. The third-order valence-corrected chi connectivity index (χ3v) is 5.64. The molecule has 0 radical (unpaired) electrons. The second-order valence-corrected chi connectivity index (χ2v) is 7.82. The summed E-state index contributed by atoms with van der Waals surface area (Å²) in [6, 6.07) is 8.62. The summed E-state index contributed by atoms with van der Waals surface area (Å²) in [5.74, 6) is 0. The van der Waals surface area contributed by atoms with Crippen LogP contribution in [0.25, 0.3) is 0 Å². The number of aryl methyl sites for hydroxylation is 1. The van der Waals surface area contributed by atoms with Gasteiger partial charge in [-0.1, -0.05) is 17.7 Å². The molecule has 0 bridgehead atoms. The van der Waals surface area contributed by atoms with Crippen LogP contribution in [0.15, 0.2) is 35.2 Å². The molecule has 3 N–H and O–H groups in total. The highest BCUT2D eigenvalue weighted by molar-refractivity contribution is 7.89. The molecule has 2 aromatic rings. The molecule has 7 heteroatoms. The summed E-state index contributed by atoms with van der Waals surface area (Å²) in [6.07, 6.45) is 0. The van der Waals surface area contributed by atoms with Crippen LogP contribution in [0.5, 0.6) is 0 Å². The molecule has 0 atom stereocenters. The first-order valence-electron chi connectivity index (χ1n) is 5.96. The zero-order chi connectivity index (χ0) is 14.8. The Morgan fingerprint density at radius 2 is 2.05 bits per heavy atom. The molecule has 0 saturated heterocycles. The van der Waals surface area contributed by atoms with Gasteiger partial charge in [0.05, 0.1) is 5.02 Å². The van der Waals surface area contributed by atoms with Gasteiger partial charge in [0.25, 0.3) is 0 Å². The molecule has 0 spiro atoms. The highest BCUT2D eigenvalue weighted by Crippen LogP contribution is 2.23. The monoisotopic (exact) mass is 330 g/mol. The lowest BCUT2D eigenvalue weighted by molar-refractivity contribution is 0.581. The fourth-order valence-corrected chi connectivity index (χ4v) is 4.18. The summed E-state index contributed by atoms with van der Waals surface area (Å²) in [6.45, 7) is 2.50. The van der Waals surface area contributed by atoms with Gasteiger partial charge in [0.2, 0.25) is 10.0 Å². The molecular formula is C13H15ClN2O2S2. The largest absolute Gasteiger partial charge is 0.326 e. The highest BCUT2D eigenvalue weighted by Gasteiger charge is 2.18. The van der Waals surface area contributed by atoms with Crippen molar-refractivity contribution in [2.45, 2.75) is 24.9 Å². The molecule has 0 amide bonds. The van der Waals surface area contributed by atoms with Crippen LogP contribution in [0, 0.1) is 6.92 Å². The minimum atomic E-state index is -3.64. The number of benzene rings is 1. The topological polar surface area (TPSA) is 72.2 Å². The van der Waals surface area contributed by atoms with Gasteiger partial charge in [0.1, 0.15) is 4.90 Å². The number of hydrogen-bond donors (Lipinski definition) is 2. The Morgan fingerprint density at radius 1 is 1.30 bits per heavy atom. The molecule has 0 saturated carbocycles. The maximum absolute atomic E-state index is 12.3. The number of halogens is 1. The van der Waals surface area contributed by atoms with E-state index in [-0.39, 0.29) is 23.0 Å². The smallest absolute Gasteiger partial charge is 0.242 e. The van der Waals surface area contributed by atoms with E-state index in [1.54, 1.807) is 23.5 Å². The van der Waals surface area contributed by atoms with Crippen molar-refractivity contribution in [3.05, 3.63) is 50.7 Å². The lowest BCUT2D eigenvalue weighted by atomic mass is 10.2. The van der Waals surface area contributed by atoms with Crippen LogP contribution >= 0.6 is 22.9 Å². The molecule has 0 aliphatic rings. The molecule has 0 unspecified atom stereocenters. The van der Waals surface area contributed by atoms with Crippen molar-refractivity contribution in [2.24, 2.45) is 5.73 Å². The predicted octanol–water partition coefficient (Wildman–Crippen LogP) is 2.65. The van der Waals surface area contributed by atoms with Crippen LogP contribution in [0.2, 0.25) is 5.02 Å². The van der Waals surface area contributed by atoms with Gasteiger partial charge < -0.3 is 5.73 Å². The molecule has 1 aromatic heterocycles. The van der Waals surface area contributed by atoms with Gasteiger partial charge in [-0.15, -0.1) is 11.3 Å². The number of rotatable bonds is 5. The average molecular weight is 331 g/mol. The van der Waals surface area contributed by atoms with Crippen LogP contribution < -0.4 is 10.5 Å². The summed E-state index contributed by atoms with van der Waals surface area (Å²) < 4.78 is 27.1. The van der Waals surface area contributed by atoms with Crippen LogP contribution in [-0.2, 0) is 23.1 Å². The summed E-state index contributed by atoms with van der Waals surface area (Å²) in [4.78, 5) is 2.16. The van der Waals surface area contributed by atoms with E-state index in [1.165, 1.54) is 6.07 Å². The Hall–Kier alpha value is -0.920. The number of hydrogen-bond acceptors (Lipinski definition) is 4. The van der Waals surface area contributed by atoms with E-state index in [9.17, 15) is 8.42 Å². The second kappa shape index (κ2) is 6.24. The normalized spacial score (nSPS) is 11.8. The zero-order valence-electron chi connectivity index (χ0n) is 10.9. The minimum absolute atomic E-state index is 0.0652. The first-order valence-corrected chi connectivity index (χ1v) is 8.63. The third kappa shape index (κ3) is 3.59. The number of nitrogens with one attached hydrogen (secondary N) is 1. The number of nitrogens with two attached hydrogens (primary N) is 1. The fourth-order valence-electron chi connectivity index (χ4n) is 1.70. The van der Waals surface area contributed by atoms with Gasteiger partial charge in [-0.05, 0) is 36.8 Å². The van der Waals surface area contributed by atoms with Gasteiger partial charge in [-0.2, -0.15) is 0 Å². The molecule has 4 nitrogen and oxygen atoms in total. The van der Waals surface area contributed by atoms with Crippen LogP contribution in [0.3, 0.4) is 0 Å². The van der Waals surface area contributed by atoms with Crippen molar-refractivity contribution in [3.63, 3.8) is 0 Å². The zero-order valence-corrected chi connectivity index (χ0v) is 13.3. The summed E-state index contributed by atoms with van der Waals surface area (Å²) in [7, 11) is -3.64. The number of sulfonamides is 1. The van der Waals surface area contributed by atoms with Crippen molar-refractivity contribution >= 4 is 33.0 Å². The van der Waals surface area contributed by atoms with Crippen molar-refractivity contribution in [2.75, 3.05) is 0 Å². The molecule has 2 rings (SSSR count). The van der Waals surface area contributed by atoms with Crippen LogP contribution in [0.1, 0.15) is 15.3 Å². The Labute approximate surface area is 127 Å². The van der Waals surface area contributed by atoms with Crippen LogP contribution in [-0.4, -0.2) is 8.42 Å². The van der Waals surface area contributed by atoms with Gasteiger partial charge >= 0.3 is 0 Å². The van der Waals surface area contributed by atoms with E-state index in [0.29, 0.717) is 0 Å². The minimum Gasteiger partial charge on any atom is -0.326 e. The first kappa shape index (κ1) is 15.5. The molecule has 1 heterocycles. The SMILES string of the molecule is Cc1ccc(CNS(=O)(=O)c2cc(CN)ccc2Cl)s1. The average Bonchev–Trinajstić information content (AvgIpc) is 2.83. The lowest BCUT2D eigenvalue weighted by Gasteiger charge is -2.09. The fraction of sp³-hybridized carbons (Fsp3) is 0.231. The lowest BCUT2D eigenvalue weighted by Crippen LogP contribution is -2.23. The van der Waals surface area contributed by atoms with E-state index in [2.05, 4.69) is 4.72 Å². The van der Waals surface area contributed by atoms with Crippen LogP contribution in [0.4, 0.5) is 0 Å². The van der Waals surface area contributed by atoms with Gasteiger partial charge in [-0.25, -0.2) is 13.1 Å². The van der Waals surface area contributed by atoms with Crippen molar-refractivity contribution in [1.29, 1.82) is 0 Å². The molecule has 108 valence electrons. The van der Waals surface area contributed by atoms with Gasteiger partial charge in [0, 0.05) is 22.8 Å². The number of thiophene rings is 1. The maximum Gasteiger partial charge on any atom is 0.242 e. The molecule has 0 aliphatic carbocycles. The summed E-state index contributed by atoms with van der Waals surface area (Å²) in [5.41, 5.74) is 6.25. The summed E-state index contributed by atoms with van der Waals surface area (Å²) in [5, 5.41) is 0.192. The first-order chi connectivity index (χ1) is 9.42. The molecular weight excluding hydrogens is 316 g/mol. The Balaban J connectivity index is 2.21.